The normalized spacial score (nSPS) is 13.4. The first-order valence-electron chi connectivity index (χ1n) is 11.1. The van der Waals surface area contributed by atoms with Gasteiger partial charge < -0.3 is 10.6 Å². The number of benzene rings is 3. The van der Waals surface area contributed by atoms with Gasteiger partial charge in [-0.05, 0) is 60.4 Å². The number of anilines is 3. The number of aryl methyl sites for hydroxylation is 2. The summed E-state index contributed by atoms with van der Waals surface area (Å²) in [6.45, 7) is 3.87. The Bertz CT molecular complexity index is 1350. The zero-order valence-corrected chi connectivity index (χ0v) is 20.7. The number of nitrogens with zero attached hydrogens (tertiary/aromatic N) is 1. The predicted molar refractivity (Wildman–Crippen MR) is 140 cm³/mol. The number of amides is 3. The smallest absolute Gasteiger partial charge is 0.283 e. The van der Waals surface area contributed by atoms with Gasteiger partial charge in [-0.2, -0.15) is 0 Å². The van der Waals surface area contributed by atoms with Crippen LogP contribution in [0.4, 0.5) is 17.1 Å². The van der Waals surface area contributed by atoms with Crippen molar-refractivity contribution in [3.8, 4) is 0 Å². The van der Waals surface area contributed by atoms with Crippen LogP contribution in [0.15, 0.2) is 77.5 Å². The summed E-state index contributed by atoms with van der Waals surface area (Å²) in [6, 6.07) is 19.6. The maximum atomic E-state index is 13.0. The van der Waals surface area contributed by atoms with Crippen LogP contribution >= 0.6 is 23.2 Å². The SMILES string of the molecule is CCc1ccccc1NC(=O)Cc1ccc(NC2=C(Cl)C(=O)N(c3ccc(C)c(Cl)c3)C2=O)cc1. The van der Waals surface area contributed by atoms with Crippen LogP contribution in [-0.2, 0) is 27.2 Å². The zero-order valence-electron chi connectivity index (χ0n) is 19.2. The Kier molecular flexibility index (Phi) is 7.24. The van der Waals surface area contributed by atoms with E-state index in [1.807, 2.05) is 38.1 Å². The van der Waals surface area contributed by atoms with E-state index in [0.717, 1.165) is 33.7 Å². The molecule has 0 aromatic heterocycles. The lowest BCUT2D eigenvalue weighted by molar-refractivity contribution is -0.120. The van der Waals surface area contributed by atoms with Gasteiger partial charge in [-0.1, -0.05) is 66.5 Å². The number of carbonyl (C=O) groups is 3. The molecule has 0 radical (unpaired) electrons. The Morgan fingerprint density at radius 2 is 1.66 bits per heavy atom. The minimum absolute atomic E-state index is 0.0185. The summed E-state index contributed by atoms with van der Waals surface area (Å²) < 4.78 is 0. The minimum atomic E-state index is -0.625. The highest BCUT2D eigenvalue weighted by Crippen LogP contribution is 2.32. The molecule has 1 aliphatic heterocycles. The molecule has 35 heavy (non-hydrogen) atoms. The van der Waals surface area contributed by atoms with Gasteiger partial charge in [-0.15, -0.1) is 0 Å². The number of imide groups is 1. The highest BCUT2D eigenvalue weighted by molar-refractivity contribution is 6.53. The topological polar surface area (TPSA) is 78.5 Å². The maximum Gasteiger partial charge on any atom is 0.283 e. The summed E-state index contributed by atoms with van der Waals surface area (Å²) in [7, 11) is 0. The zero-order chi connectivity index (χ0) is 25.1. The van der Waals surface area contributed by atoms with Crippen LogP contribution in [-0.4, -0.2) is 17.7 Å². The van der Waals surface area contributed by atoms with Crippen LogP contribution in [0.5, 0.6) is 0 Å². The number of para-hydroxylation sites is 1. The number of hydrogen-bond donors (Lipinski definition) is 2. The number of rotatable bonds is 7. The second-order valence-corrected chi connectivity index (χ2v) is 8.91. The van der Waals surface area contributed by atoms with Gasteiger partial charge in [0.1, 0.15) is 10.7 Å². The molecule has 0 aliphatic carbocycles. The molecule has 0 spiro atoms. The standard InChI is InChI=1S/C27H23Cl2N3O3/c1-3-18-6-4-5-7-22(18)31-23(33)14-17-9-11-19(12-10-17)30-25-24(29)26(34)32(27(25)35)20-13-8-16(2)21(28)15-20/h4-13,15,30H,3,14H2,1-2H3,(H,31,33). The average molecular weight is 508 g/mol. The largest absolute Gasteiger partial charge is 0.350 e. The van der Waals surface area contributed by atoms with E-state index in [1.54, 1.807) is 42.5 Å². The maximum absolute atomic E-state index is 13.0. The van der Waals surface area contributed by atoms with Gasteiger partial charge in [-0.25, -0.2) is 4.90 Å². The molecule has 0 bridgehead atoms. The van der Waals surface area contributed by atoms with Gasteiger partial charge in [0, 0.05) is 16.4 Å². The molecule has 0 atom stereocenters. The molecule has 0 saturated heterocycles. The van der Waals surface area contributed by atoms with E-state index in [0.29, 0.717) is 16.4 Å². The third-order valence-electron chi connectivity index (χ3n) is 5.70. The fourth-order valence-electron chi connectivity index (χ4n) is 3.75. The van der Waals surface area contributed by atoms with E-state index in [-0.39, 0.29) is 23.1 Å². The van der Waals surface area contributed by atoms with Crippen LogP contribution in [0, 0.1) is 6.92 Å². The highest BCUT2D eigenvalue weighted by atomic mass is 35.5. The van der Waals surface area contributed by atoms with E-state index in [9.17, 15) is 14.4 Å². The molecule has 1 heterocycles. The molecule has 0 unspecified atom stereocenters. The van der Waals surface area contributed by atoms with Crippen LogP contribution in [0.25, 0.3) is 0 Å². The van der Waals surface area contributed by atoms with E-state index in [2.05, 4.69) is 10.6 Å². The van der Waals surface area contributed by atoms with Crippen LogP contribution in [0.3, 0.4) is 0 Å². The van der Waals surface area contributed by atoms with Crippen LogP contribution in [0.2, 0.25) is 5.02 Å². The summed E-state index contributed by atoms with van der Waals surface area (Å²) in [4.78, 5) is 39.1. The lowest BCUT2D eigenvalue weighted by atomic mass is 10.1. The Hall–Kier alpha value is -3.61. The van der Waals surface area contributed by atoms with Crippen LogP contribution in [0.1, 0.15) is 23.6 Å². The third kappa shape index (κ3) is 5.24. The molecule has 3 amide bonds. The van der Waals surface area contributed by atoms with E-state index < -0.39 is 11.8 Å². The monoisotopic (exact) mass is 507 g/mol. The number of nitrogens with one attached hydrogen (secondary N) is 2. The molecule has 1 aliphatic rings. The van der Waals surface area contributed by atoms with Gasteiger partial charge in [-0.3, -0.25) is 14.4 Å². The number of hydrogen-bond acceptors (Lipinski definition) is 4. The third-order valence-corrected chi connectivity index (χ3v) is 6.46. The van der Waals surface area contributed by atoms with Crippen molar-refractivity contribution >= 4 is 58.0 Å². The fraction of sp³-hybridized carbons (Fsp3) is 0.148. The molecular formula is C27H23Cl2N3O3. The van der Waals surface area contributed by atoms with E-state index in [1.165, 1.54) is 0 Å². The molecule has 2 N–H and O–H groups in total. The Labute approximate surface area is 213 Å². The molecule has 0 fully saturated rings. The molecule has 3 aromatic rings. The lowest BCUT2D eigenvalue weighted by Crippen LogP contribution is -2.32. The van der Waals surface area contributed by atoms with Gasteiger partial charge in [0.25, 0.3) is 11.8 Å². The summed E-state index contributed by atoms with van der Waals surface area (Å²) in [6.07, 6.45) is 1.02. The first-order valence-corrected chi connectivity index (χ1v) is 11.8. The van der Waals surface area contributed by atoms with E-state index in [4.69, 9.17) is 23.2 Å². The molecule has 8 heteroatoms. The molecule has 0 saturated carbocycles. The van der Waals surface area contributed by atoms with Crippen molar-refractivity contribution in [1.82, 2.24) is 0 Å². The van der Waals surface area contributed by atoms with Crippen LogP contribution < -0.4 is 15.5 Å². The quantitative estimate of drug-likeness (QED) is 0.394. The molecular weight excluding hydrogens is 485 g/mol. The lowest BCUT2D eigenvalue weighted by Gasteiger charge is -2.16. The van der Waals surface area contributed by atoms with Crippen molar-refractivity contribution in [2.45, 2.75) is 26.7 Å². The van der Waals surface area contributed by atoms with Gasteiger partial charge in [0.05, 0.1) is 12.1 Å². The second kappa shape index (κ2) is 10.3. The minimum Gasteiger partial charge on any atom is -0.350 e. The van der Waals surface area contributed by atoms with Crippen molar-refractivity contribution in [3.05, 3.63) is 99.2 Å². The summed E-state index contributed by atoms with van der Waals surface area (Å²) in [5.74, 6) is -1.32. The Morgan fingerprint density at radius 3 is 2.34 bits per heavy atom. The molecule has 6 nitrogen and oxygen atoms in total. The van der Waals surface area contributed by atoms with Gasteiger partial charge in [0.2, 0.25) is 5.91 Å². The average Bonchev–Trinajstić information content (AvgIpc) is 3.05. The molecule has 3 aromatic carbocycles. The number of carbonyl (C=O) groups excluding carboxylic acids is 3. The summed E-state index contributed by atoms with van der Waals surface area (Å²) in [5.41, 5.74) is 4.39. The molecule has 4 rings (SSSR count). The Morgan fingerprint density at radius 1 is 0.943 bits per heavy atom. The highest BCUT2D eigenvalue weighted by Gasteiger charge is 2.39. The fourth-order valence-corrected chi connectivity index (χ4v) is 4.13. The van der Waals surface area contributed by atoms with Gasteiger partial charge in [0.15, 0.2) is 0 Å². The van der Waals surface area contributed by atoms with Crippen molar-refractivity contribution in [2.24, 2.45) is 0 Å². The Balaban J connectivity index is 1.43. The van der Waals surface area contributed by atoms with Gasteiger partial charge >= 0.3 is 0 Å². The number of halogens is 2. The van der Waals surface area contributed by atoms with Crippen molar-refractivity contribution in [1.29, 1.82) is 0 Å². The van der Waals surface area contributed by atoms with Crippen molar-refractivity contribution in [2.75, 3.05) is 15.5 Å². The first-order chi connectivity index (χ1) is 16.8. The van der Waals surface area contributed by atoms with Crippen molar-refractivity contribution in [3.63, 3.8) is 0 Å². The second-order valence-electron chi connectivity index (χ2n) is 8.13. The summed E-state index contributed by atoms with van der Waals surface area (Å²) >= 11 is 12.4. The first kappa shape index (κ1) is 24.5. The van der Waals surface area contributed by atoms with Crippen molar-refractivity contribution < 1.29 is 14.4 Å². The summed E-state index contributed by atoms with van der Waals surface area (Å²) in [5, 5.41) is 6.12. The van der Waals surface area contributed by atoms with E-state index >= 15 is 0 Å². The molecule has 178 valence electrons. The predicted octanol–water partition coefficient (Wildman–Crippen LogP) is 5.83.